The van der Waals surface area contributed by atoms with Crippen LogP contribution in [-0.2, 0) is 19.1 Å². The Morgan fingerprint density at radius 1 is 0.684 bits per heavy atom. The number of hydrogen-bond donors (Lipinski definition) is 0. The Hall–Kier alpha value is -1.58. The van der Waals surface area contributed by atoms with Gasteiger partial charge in [-0.05, 0) is 138 Å². The van der Waals surface area contributed by atoms with E-state index in [1.165, 1.54) is 44.9 Å². The van der Waals surface area contributed by atoms with Crippen molar-refractivity contribution in [2.45, 2.75) is 128 Å². The molecule has 0 heterocycles. The summed E-state index contributed by atoms with van der Waals surface area (Å²) in [5.41, 5.74) is 0.653. The van der Waals surface area contributed by atoms with Gasteiger partial charge < -0.3 is 9.47 Å². The minimum absolute atomic E-state index is 0.145. The summed E-state index contributed by atoms with van der Waals surface area (Å²) >= 11 is 0. The van der Waals surface area contributed by atoms with Crippen molar-refractivity contribution in [3.05, 3.63) is 37.1 Å². The van der Waals surface area contributed by atoms with Crippen molar-refractivity contribution in [1.29, 1.82) is 0 Å². The van der Waals surface area contributed by atoms with E-state index >= 15 is 0 Å². The van der Waals surface area contributed by atoms with Crippen molar-refractivity contribution >= 4 is 11.9 Å². The SMILES string of the molecule is [CH2]CCCC[C](C12CC3CC(CC(OC(=O)C(=C)C)(C3)C1)C2)C12CC3CC(CC(OC(=O)C(=C)C)(C3)C1)C2. The zero-order chi connectivity index (χ0) is 26.9. The lowest BCUT2D eigenvalue weighted by Gasteiger charge is -2.70. The van der Waals surface area contributed by atoms with E-state index in [1.54, 1.807) is 19.8 Å². The standard InChI is InChI=1S/C34H48O4/c1-6-7-8-9-28(31-12-24-10-25(13-31)17-33(16-24,20-31)37-29(35)22(2)3)32-14-26-11-27(15-32)19-34(18-26,21-32)38-30(36)23(4)5/h24-27H,1-2,4,6-21H2,3,5H3. The second kappa shape index (κ2) is 9.23. The molecule has 0 aliphatic heterocycles. The van der Waals surface area contributed by atoms with Crippen LogP contribution in [0, 0.1) is 47.3 Å². The molecule has 8 saturated carbocycles. The summed E-state index contributed by atoms with van der Waals surface area (Å²) in [6, 6.07) is 0. The number of carbonyl (C=O) groups excluding carboxylic acids is 2. The number of hydrogen-bond acceptors (Lipinski definition) is 4. The van der Waals surface area contributed by atoms with Crippen molar-refractivity contribution < 1.29 is 19.1 Å². The normalized spacial score (nSPS) is 43.9. The molecule has 0 aromatic carbocycles. The number of ether oxygens (including phenoxy) is 2. The van der Waals surface area contributed by atoms with E-state index in [0.717, 1.165) is 57.8 Å². The second-order valence-electron chi connectivity index (χ2n) is 15.0. The first-order chi connectivity index (χ1) is 18.0. The van der Waals surface area contributed by atoms with E-state index < -0.39 is 0 Å². The summed E-state index contributed by atoms with van der Waals surface area (Å²) in [5, 5.41) is 0. The largest absolute Gasteiger partial charge is 0.456 e. The Morgan fingerprint density at radius 3 is 1.42 bits per heavy atom. The molecule has 4 unspecified atom stereocenters. The Balaban J connectivity index is 1.36. The highest BCUT2D eigenvalue weighted by Crippen LogP contribution is 2.74. The molecule has 0 saturated heterocycles. The maximum absolute atomic E-state index is 12.8. The Bertz CT molecular complexity index is 918. The second-order valence-corrected chi connectivity index (χ2v) is 15.0. The van der Waals surface area contributed by atoms with Crippen LogP contribution in [-0.4, -0.2) is 23.1 Å². The third-order valence-electron chi connectivity index (χ3n) is 11.5. The van der Waals surface area contributed by atoms with Crippen LogP contribution in [0.4, 0.5) is 0 Å². The van der Waals surface area contributed by atoms with Gasteiger partial charge in [-0.1, -0.05) is 39.3 Å². The number of unbranched alkanes of at least 4 members (excludes halogenated alkanes) is 2. The summed E-state index contributed by atoms with van der Waals surface area (Å²) in [7, 11) is 0. The van der Waals surface area contributed by atoms with Gasteiger partial charge in [0.1, 0.15) is 11.2 Å². The van der Waals surface area contributed by atoms with Gasteiger partial charge in [0, 0.05) is 11.1 Å². The van der Waals surface area contributed by atoms with E-state index in [2.05, 4.69) is 20.1 Å². The van der Waals surface area contributed by atoms with Crippen molar-refractivity contribution in [3.63, 3.8) is 0 Å². The van der Waals surface area contributed by atoms with Crippen LogP contribution in [0.3, 0.4) is 0 Å². The lowest BCUT2D eigenvalue weighted by molar-refractivity contribution is -0.216. The molecule has 38 heavy (non-hydrogen) atoms. The maximum atomic E-state index is 12.8. The number of rotatable bonds is 10. The van der Waals surface area contributed by atoms with E-state index in [-0.39, 0.29) is 34.0 Å². The smallest absolute Gasteiger partial charge is 0.333 e. The molecule has 8 aliphatic carbocycles. The molecule has 4 heteroatoms. The molecule has 0 N–H and O–H groups in total. The monoisotopic (exact) mass is 520 g/mol. The van der Waals surface area contributed by atoms with Crippen LogP contribution in [0.1, 0.15) is 117 Å². The van der Waals surface area contributed by atoms with E-state index in [4.69, 9.17) is 9.47 Å². The average molecular weight is 521 g/mol. The average Bonchev–Trinajstić information content (AvgIpc) is 2.79. The first-order valence-corrected chi connectivity index (χ1v) is 15.4. The Morgan fingerprint density at radius 2 is 1.08 bits per heavy atom. The van der Waals surface area contributed by atoms with Crippen molar-refractivity contribution in [3.8, 4) is 0 Å². The lowest BCUT2D eigenvalue weighted by atomic mass is 9.36. The fourth-order valence-electron chi connectivity index (χ4n) is 11.4. The molecule has 0 aromatic rings. The first-order valence-electron chi connectivity index (χ1n) is 15.4. The van der Waals surface area contributed by atoms with Crippen LogP contribution < -0.4 is 0 Å². The molecule has 2 radical (unpaired) electrons. The molecule has 4 atom stereocenters. The van der Waals surface area contributed by atoms with Gasteiger partial charge in [0.05, 0.1) is 0 Å². The van der Waals surface area contributed by atoms with Crippen LogP contribution in [0.15, 0.2) is 24.3 Å². The zero-order valence-corrected chi connectivity index (χ0v) is 23.9. The van der Waals surface area contributed by atoms with Gasteiger partial charge in [-0.3, -0.25) is 0 Å². The van der Waals surface area contributed by atoms with Crippen molar-refractivity contribution in [1.82, 2.24) is 0 Å². The highest BCUT2D eigenvalue weighted by atomic mass is 16.6. The number of esters is 2. The van der Waals surface area contributed by atoms with Crippen LogP contribution in [0.25, 0.3) is 0 Å². The molecular weight excluding hydrogens is 472 g/mol. The summed E-state index contributed by atoms with van der Waals surface area (Å²) in [6.07, 6.45) is 18.1. The quantitative estimate of drug-likeness (QED) is 0.167. The highest BCUT2D eigenvalue weighted by Gasteiger charge is 2.69. The summed E-state index contributed by atoms with van der Waals surface area (Å²) < 4.78 is 12.8. The number of carbonyl (C=O) groups is 2. The minimum Gasteiger partial charge on any atom is -0.456 e. The van der Waals surface area contributed by atoms with Gasteiger partial charge in [0.25, 0.3) is 0 Å². The molecule has 0 amide bonds. The van der Waals surface area contributed by atoms with Gasteiger partial charge in [-0.25, -0.2) is 9.59 Å². The van der Waals surface area contributed by atoms with E-state index in [9.17, 15) is 9.59 Å². The van der Waals surface area contributed by atoms with Gasteiger partial charge in [-0.2, -0.15) is 0 Å². The zero-order valence-electron chi connectivity index (χ0n) is 23.9. The van der Waals surface area contributed by atoms with Gasteiger partial charge in [0.15, 0.2) is 0 Å². The minimum atomic E-state index is -0.329. The molecular formula is C34H48O4. The lowest BCUT2D eigenvalue weighted by Crippen LogP contribution is -2.65. The maximum Gasteiger partial charge on any atom is 0.333 e. The Labute approximate surface area is 230 Å². The topological polar surface area (TPSA) is 52.6 Å². The van der Waals surface area contributed by atoms with Gasteiger partial charge >= 0.3 is 11.9 Å². The first kappa shape index (κ1) is 26.6. The fraction of sp³-hybridized carbons (Fsp3) is 0.765. The molecule has 8 rings (SSSR count). The predicted octanol–water partition coefficient (Wildman–Crippen LogP) is 7.87. The van der Waals surface area contributed by atoms with E-state index in [1.807, 2.05) is 0 Å². The molecule has 8 bridgehead atoms. The summed E-state index contributed by atoms with van der Waals surface area (Å²) in [5.74, 6) is 3.93. The van der Waals surface area contributed by atoms with E-state index in [0.29, 0.717) is 34.8 Å². The van der Waals surface area contributed by atoms with Crippen LogP contribution in [0.2, 0.25) is 0 Å². The van der Waals surface area contributed by atoms with Crippen LogP contribution in [0.5, 0.6) is 0 Å². The molecule has 8 aliphatic rings. The third-order valence-corrected chi connectivity index (χ3v) is 11.5. The van der Waals surface area contributed by atoms with Crippen LogP contribution >= 0.6 is 0 Å². The molecule has 8 fully saturated rings. The molecule has 0 aromatic heterocycles. The van der Waals surface area contributed by atoms with Gasteiger partial charge in [-0.15, -0.1) is 0 Å². The molecule has 4 nitrogen and oxygen atoms in total. The molecule has 208 valence electrons. The van der Waals surface area contributed by atoms with Crippen molar-refractivity contribution in [2.75, 3.05) is 0 Å². The Kier molecular flexibility index (Phi) is 6.47. The summed E-state index contributed by atoms with van der Waals surface area (Å²) in [4.78, 5) is 25.7. The molecule has 0 spiro atoms. The fourth-order valence-corrected chi connectivity index (χ4v) is 11.4. The van der Waals surface area contributed by atoms with Gasteiger partial charge in [0.2, 0.25) is 0 Å². The predicted molar refractivity (Wildman–Crippen MR) is 149 cm³/mol. The summed E-state index contributed by atoms with van der Waals surface area (Å²) in [6.45, 7) is 15.5. The highest BCUT2D eigenvalue weighted by molar-refractivity contribution is 5.87. The third kappa shape index (κ3) is 4.40. The van der Waals surface area contributed by atoms with Crippen molar-refractivity contribution in [2.24, 2.45) is 34.5 Å².